The molecule has 29 heavy (non-hydrogen) atoms. The van der Waals surface area contributed by atoms with E-state index in [0.29, 0.717) is 17.0 Å². The van der Waals surface area contributed by atoms with Crippen LogP contribution in [0.4, 0.5) is 0 Å². The van der Waals surface area contributed by atoms with Crippen LogP contribution in [0.3, 0.4) is 0 Å². The van der Waals surface area contributed by atoms with E-state index in [2.05, 4.69) is 15.5 Å². The Morgan fingerprint density at radius 1 is 1.28 bits per heavy atom. The Kier molecular flexibility index (Phi) is 4.86. The Morgan fingerprint density at radius 2 is 1.97 bits per heavy atom. The van der Waals surface area contributed by atoms with E-state index in [1.807, 2.05) is 45.2 Å². The molecule has 1 aromatic carbocycles. The second-order valence-corrected chi connectivity index (χ2v) is 7.62. The maximum Gasteiger partial charge on any atom is 0.278 e. The summed E-state index contributed by atoms with van der Waals surface area (Å²) in [5.41, 5.74) is 2.97. The van der Waals surface area contributed by atoms with Crippen molar-refractivity contribution in [1.82, 2.24) is 24.9 Å². The lowest BCUT2D eigenvalue weighted by atomic mass is 10.1. The average Bonchev–Trinajstić information content (AvgIpc) is 3.48. The molecule has 8 heteroatoms. The van der Waals surface area contributed by atoms with Gasteiger partial charge in [0.2, 0.25) is 5.91 Å². The molecule has 1 unspecified atom stereocenters. The number of fused-ring (bicyclic) bond motifs is 1. The summed E-state index contributed by atoms with van der Waals surface area (Å²) in [6.07, 6.45) is 2.10. The van der Waals surface area contributed by atoms with Crippen LogP contribution in [-0.2, 0) is 18.4 Å². The highest BCUT2D eigenvalue weighted by Crippen LogP contribution is 2.41. The third-order valence-electron chi connectivity index (χ3n) is 5.39. The molecule has 0 bridgehead atoms. The molecule has 8 nitrogen and oxygen atoms in total. The molecular weight excluding hydrogens is 370 g/mol. The van der Waals surface area contributed by atoms with Gasteiger partial charge in [-0.25, -0.2) is 4.68 Å². The van der Waals surface area contributed by atoms with Gasteiger partial charge in [-0.15, -0.1) is 0 Å². The number of aromatic nitrogens is 4. The van der Waals surface area contributed by atoms with Crippen molar-refractivity contribution in [3.63, 3.8) is 0 Å². The number of nitrogens with zero attached hydrogens (tertiary/aromatic N) is 4. The van der Waals surface area contributed by atoms with Gasteiger partial charge in [0, 0.05) is 13.0 Å². The predicted molar refractivity (Wildman–Crippen MR) is 109 cm³/mol. The van der Waals surface area contributed by atoms with E-state index in [-0.39, 0.29) is 24.1 Å². The SMILES string of the molecule is COc1ccc(C(C)NC(=O)Cn2nc(C)c3c(c(C4CC4)nn3C)c2=O)cc1. The summed E-state index contributed by atoms with van der Waals surface area (Å²) in [6.45, 7) is 3.61. The molecule has 0 radical (unpaired) electrons. The lowest BCUT2D eigenvalue weighted by Gasteiger charge is -2.15. The zero-order chi connectivity index (χ0) is 20.7. The lowest BCUT2D eigenvalue weighted by Crippen LogP contribution is -2.35. The van der Waals surface area contributed by atoms with Crippen LogP contribution >= 0.6 is 0 Å². The first-order chi connectivity index (χ1) is 13.9. The highest BCUT2D eigenvalue weighted by molar-refractivity contribution is 5.84. The highest BCUT2D eigenvalue weighted by atomic mass is 16.5. The molecular formula is C21H25N5O3. The third-order valence-corrected chi connectivity index (χ3v) is 5.39. The molecule has 2 heterocycles. The normalized spacial score (nSPS) is 14.8. The van der Waals surface area contributed by atoms with Crippen molar-refractivity contribution in [3.8, 4) is 5.75 Å². The van der Waals surface area contributed by atoms with Crippen molar-refractivity contribution < 1.29 is 9.53 Å². The fourth-order valence-electron chi connectivity index (χ4n) is 3.72. The highest BCUT2D eigenvalue weighted by Gasteiger charge is 2.31. The smallest absolute Gasteiger partial charge is 0.278 e. The van der Waals surface area contributed by atoms with Gasteiger partial charge in [-0.2, -0.15) is 10.2 Å². The van der Waals surface area contributed by atoms with Gasteiger partial charge in [0.05, 0.1) is 35.4 Å². The first-order valence-electron chi connectivity index (χ1n) is 9.76. The number of nitrogens with one attached hydrogen (secondary N) is 1. The Hall–Kier alpha value is -3.16. The summed E-state index contributed by atoms with van der Waals surface area (Å²) in [7, 11) is 3.44. The van der Waals surface area contributed by atoms with E-state index in [9.17, 15) is 9.59 Å². The summed E-state index contributed by atoms with van der Waals surface area (Å²) >= 11 is 0. The summed E-state index contributed by atoms with van der Waals surface area (Å²) in [4.78, 5) is 25.7. The number of hydrogen-bond acceptors (Lipinski definition) is 5. The van der Waals surface area contributed by atoms with E-state index in [0.717, 1.165) is 35.4 Å². The summed E-state index contributed by atoms with van der Waals surface area (Å²) < 4.78 is 8.14. The Morgan fingerprint density at radius 3 is 2.59 bits per heavy atom. The Bertz CT molecular complexity index is 1130. The number of carbonyl (C=O) groups is 1. The van der Waals surface area contributed by atoms with Gasteiger partial charge < -0.3 is 10.1 Å². The molecule has 1 N–H and O–H groups in total. The van der Waals surface area contributed by atoms with Gasteiger partial charge in [-0.1, -0.05) is 12.1 Å². The summed E-state index contributed by atoms with van der Waals surface area (Å²) in [5, 5.41) is 12.4. The van der Waals surface area contributed by atoms with E-state index in [4.69, 9.17) is 4.74 Å². The first-order valence-corrected chi connectivity index (χ1v) is 9.76. The molecule has 1 fully saturated rings. The van der Waals surface area contributed by atoms with Gasteiger partial charge >= 0.3 is 0 Å². The number of aryl methyl sites for hydroxylation is 2. The number of benzene rings is 1. The summed E-state index contributed by atoms with van der Waals surface area (Å²) in [6, 6.07) is 7.31. The lowest BCUT2D eigenvalue weighted by molar-refractivity contribution is -0.122. The van der Waals surface area contributed by atoms with Crippen LogP contribution in [0, 0.1) is 6.92 Å². The Balaban J connectivity index is 1.57. The predicted octanol–water partition coefficient (Wildman–Crippen LogP) is 2.20. The van der Waals surface area contributed by atoms with Gasteiger partial charge in [0.1, 0.15) is 12.3 Å². The second-order valence-electron chi connectivity index (χ2n) is 7.62. The second kappa shape index (κ2) is 7.35. The topological polar surface area (TPSA) is 91.0 Å². The van der Waals surface area contributed by atoms with Gasteiger partial charge in [-0.05, 0) is 44.4 Å². The number of methoxy groups -OCH3 is 1. The molecule has 1 aliphatic carbocycles. The minimum atomic E-state index is -0.265. The average molecular weight is 395 g/mol. The van der Waals surface area contributed by atoms with Crippen LogP contribution in [0.2, 0.25) is 0 Å². The maximum absolute atomic E-state index is 13.1. The zero-order valence-corrected chi connectivity index (χ0v) is 17.1. The van der Waals surface area contributed by atoms with E-state index in [1.54, 1.807) is 11.8 Å². The van der Waals surface area contributed by atoms with Crippen LogP contribution in [0.5, 0.6) is 5.75 Å². The number of ether oxygens (including phenoxy) is 1. The van der Waals surface area contributed by atoms with Crippen LogP contribution in [0.15, 0.2) is 29.1 Å². The first kappa shape index (κ1) is 19.2. The molecule has 1 atom stereocenters. The fourth-order valence-corrected chi connectivity index (χ4v) is 3.72. The third kappa shape index (κ3) is 3.62. The van der Waals surface area contributed by atoms with Crippen LogP contribution in [0.1, 0.15) is 48.7 Å². The minimum absolute atomic E-state index is 0.130. The zero-order valence-electron chi connectivity index (χ0n) is 17.1. The van der Waals surface area contributed by atoms with Crippen molar-refractivity contribution in [2.75, 3.05) is 7.11 Å². The minimum Gasteiger partial charge on any atom is -0.497 e. The van der Waals surface area contributed by atoms with Gasteiger partial charge in [-0.3, -0.25) is 14.3 Å². The molecule has 1 amide bonds. The molecule has 4 rings (SSSR count). The molecule has 1 aliphatic rings. The standard InChI is InChI=1S/C21H25N5O3/c1-12(14-7-9-16(29-4)10-8-14)22-17(27)11-26-21(28)18-19(15-5-6-15)24-25(3)20(18)13(2)23-26/h7-10,12,15H,5-6,11H2,1-4H3,(H,22,27). The molecule has 0 saturated heterocycles. The fraction of sp³-hybridized carbons (Fsp3) is 0.429. The molecule has 3 aromatic rings. The van der Waals surface area contributed by atoms with E-state index in [1.165, 1.54) is 4.68 Å². The number of amides is 1. The van der Waals surface area contributed by atoms with Crippen molar-refractivity contribution >= 4 is 16.8 Å². The van der Waals surface area contributed by atoms with E-state index >= 15 is 0 Å². The molecule has 152 valence electrons. The molecule has 1 saturated carbocycles. The number of rotatable bonds is 6. The van der Waals surface area contributed by atoms with Crippen LogP contribution in [-0.4, -0.2) is 32.6 Å². The molecule has 0 spiro atoms. The van der Waals surface area contributed by atoms with Crippen molar-refractivity contribution in [3.05, 3.63) is 51.6 Å². The van der Waals surface area contributed by atoms with Gasteiger partial charge in [0.15, 0.2) is 0 Å². The number of hydrogen-bond donors (Lipinski definition) is 1. The molecule has 2 aromatic heterocycles. The Labute approximate surface area is 168 Å². The summed E-state index contributed by atoms with van der Waals surface area (Å²) in [5.74, 6) is 0.832. The molecule has 0 aliphatic heterocycles. The monoisotopic (exact) mass is 395 g/mol. The van der Waals surface area contributed by atoms with Crippen molar-refractivity contribution in [2.45, 2.75) is 45.2 Å². The maximum atomic E-state index is 13.1. The van der Waals surface area contributed by atoms with Crippen LogP contribution in [0.25, 0.3) is 10.9 Å². The quantitative estimate of drug-likeness (QED) is 0.691. The van der Waals surface area contributed by atoms with Crippen LogP contribution < -0.4 is 15.6 Å². The largest absolute Gasteiger partial charge is 0.497 e. The van der Waals surface area contributed by atoms with Gasteiger partial charge in [0.25, 0.3) is 5.56 Å². The van der Waals surface area contributed by atoms with Crippen molar-refractivity contribution in [1.29, 1.82) is 0 Å². The van der Waals surface area contributed by atoms with Crippen molar-refractivity contribution in [2.24, 2.45) is 7.05 Å². The van der Waals surface area contributed by atoms with E-state index < -0.39 is 0 Å². The number of carbonyl (C=O) groups excluding carboxylic acids is 1.